The highest BCUT2D eigenvalue weighted by molar-refractivity contribution is 5.79. The molecule has 0 aliphatic rings. The lowest BCUT2D eigenvalue weighted by molar-refractivity contribution is 0.0508. The zero-order valence-corrected chi connectivity index (χ0v) is 13.7. The van der Waals surface area contributed by atoms with Crippen molar-refractivity contribution in [2.75, 3.05) is 6.54 Å². The van der Waals surface area contributed by atoms with Crippen LogP contribution in [0.25, 0.3) is 10.9 Å². The van der Waals surface area contributed by atoms with E-state index in [1.54, 1.807) is 0 Å². The van der Waals surface area contributed by atoms with Crippen LogP contribution >= 0.6 is 0 Å². The van der Waals surface area contributed by atoms with Crippen molar-refractivity contribution < 1.29 is 9.53 Å². The summed E-state index contributed by atoms with van der Waals surface area (Å²) in [6, 6.07) is 8.40. The van der Waals surface area contributed by atoms with E-state index in [2.05, 4.69) is 39.9 Å². The molecular weight excluding hydrogens is 278 g/mol. The van der Waals surface area contributed by atoms with Crippen molar-refractivity contribution in [3.8, 4) is 0 Å². The number of fused-ring (bicyclic) bond motifs is 1. The number of rotatable bonds is 5. The van der Waals surface area contributed by atoms with E-state index in [4.69, 9.17) is 4.74 Å². The van der Waals surface area contributed by atoms with E-state index < -0.39 is 5.60 Å². The molecule has 22 heavy (non-hydrogen) atoms. The predicted molar refractivity (Wildman–Crippen MR) is 88.8 cm³/mol. The molecule has 1 heterocycles. The first kappa shape index (κ1) is 16.4. The summed E-state index contributed by atoms with van der Waals surface area (Å²) in [5.74, 6) is 0. The van der Waals surface area contributed by atoms with Gasteiger partial charge in [-0.3, -0.25) is 0 Å². The van der Waals surface area contributed by atoms with Gasteiger partial charge < -0.3 is 20.4 Å². The Balaban J connectivity index is 1.74. The van der Waals surface area contributed by atoms with Gasteiger partial charge in [0.05, 0.1) is 0 Å². The average Bonchev–Trinajstić information content (AvgIpc) is 2.83. The van der Waals surface area contributed by atoms with Crippen LogP contribution in [-0.4, -0.2) is 29.3 Å². The zero-order chi connectivity index (χ0) is 16.2. The molecule has 0 aliphatic carbocycles. The highest BCUT2D eigenvalue weighted by Gasteiger charge is 2.17. The molecule has 0 radical (unpaired) electrons. The molecule has 0 saturated carbocycles. The second-order valence-corrected chi connectivity index (χ2v) is 6.58. The second-order valence-electron chi connectivity index (χ2n) is 6.58. The van der Waals surface area contributed by atoms with E-state index in [9.17, 15) is 4.79 Å². The Kier molecular flexibility index (Phi) is 5.08. The molecule has 1 aromatic carbocycles. The Hall–Kier alpha value is -2.01. The molecule has 0 aliphatic heterocycles. The molecule has 0 saturated heterocycles. The highest BCUT2D eigenvalue weighted by Crippen LogP contribution is 2.14. The number of alkyl carbamates (subject to hydrolysis) is 1. The van der Waals surface area contributed by atoms with Gasteiger partial charge in [-0.1, -0.05) is 6.07 Å². The lowest BCUT2D eigenvalue weighted by Gasteiger charge is -2.22. The third kappa shape index (κ3) is 5.07. The lowest BCUT2D eigenvalue weighted by atomic mass is 10.1. The molecule has 1 atom stereocenters. The lowest BCUT2D eigenvalue weighted by Crippen LogP contribution is -2.42. The Morgan fingerprint density at radius 1 is 1.32 bits per heavy atom. The van der Waals surface area contributed by atoms with Gasteiger partial charge in [-0.15, -0.1) is 0 Å². The van der Waals surface area contributed by atoms with Crippen molar-refractivity contribution in [1.82, 2.24) is 15.6 Å². The Labute approximate surface area is 131 Å². The smallest absolute Gasteiger partial charge is 0.407 e. The standard InChI is InChI=1S/C17H25N3O2/c1-12(20-16(21)22-17(2,3)4)10-18-11-13-5-6-15-14(9-13)7-8-19-15/h5-9,12,18-19H,10-11H2,1-4H3,(H,20,21). The highest BCUT2D eigenvalue weighted by atomic mass is 16.6. The molecule has 120 valence electrons. The van der Waals surface area contributed by atoms with Gasteiger partial charge in [0.25, 0.3) is 0 Å². The van der Waals surface area contributed by atoms with Gasteiger partial charge in [0.15, 0.2) is 0 Å². The summed E-state index contributed by atoms with van der Waals surface area (Å²) >= 11 is 0. The van der Waals surface area contributed by atoms with Crippen molar-refractivity contribution in [2.45, 2.75) is 45.9 Å². The minimum atomic E-state index is -0.469. The normalized spacial score (nSPS) is 13.1. The van der Waals surface area contributed by atoms with Crippen molar-refractivity contribution in [3.63, 3.8) is 0 Å². The summed E-state index contributed by atoms with van der Waals surface area (Å²) in [5.41, 5.74) is 1.89. The fourth-order valence-corrected chi connectivity index (χ4v) is 2.21. The number of carbonyl (C=O) groups is 1. The van der Waals surface area contributed by atoms with E-state index in [1.165, 1.54) is 10.9 Å². The van der Waals surface area contributed by atoms with Crippen LogP contribution in [0.4, 0.5) is 4.79 Å². The van der Waals surface area contributed by atoms with Gasteiger partial charge in [-0.05, 0) is 56.8 Å². The number of hydrogen-bond donors (Lipinski definition) is 3. The maximum Gasteiger partial charge on any atom is 0.407 e. The number of hydrogen-bond acceptors (Lipinski definition) is 3. The van der Waals surface area contributed by atoms with E-state index in [1.807, 2.05) is 33.9 Å². The van der Waals surface area contributed by atoms with Crippen LogP contribution in [0.2, 0.25) is 0 Å². The first-order valence-electron chi connectivity index (χ1n) is 7.60. The Morgan fingerprint density at radius 3 is 2.82 bits per heavy atom. The minimum absolute atomic E-state index is 0.00541. The van der Waals surface area contributed by atoms with Crippen LogP contribution in [0.3, 0.4) is 0 Å². The molecule has 0 spiro atoms. The number of H-pyrrole nitrogens is 1. The Morgan fingerprint density at radius 2 is 2.09 bits per heavy atom. The van der Waals surface area contributed by atoms with Crippen LogP contribution in [0.1, 0.15) is 33.3 Å². The molecule has 1 amide bonds. The number of aromatic nitrogens is 1. The van der Waals surface area contributed by atoms with Crippen LogP contribution in [0.15, 0.2) is 30.5 Å². The summed E-state index contributed by atoms with van der Waals surface area (Å²) in [6.07, 6.45) is 1.56. The molecule has 5 nitrogen and oxygen atoms in total. The summed E-state index contributed by atoms with van der Waals surface area (Å²) in [4.78, 5) is 14.8. The van der Waals surface area contributed by atoms with E-state index in [0.717, 1.165) is 12.1 Å². The van der Waals surface area contributed by atoms with Crippen molar-refractivity contribution in [2.24, 2.45) is 0 Å². The number of ether oxygens (including phenoxy) is 1. The maximum absolute atomic E-state index is 11.7. The molecule has 5 heteroatoms. The van der Waals surface area contributed by atoms with Crippen molar-refractivity contribution in [3.05, 3.63) is 36.0 Å². The number of carbonyl (C=O) groups excluding carboxylic acids is 1. The summed E-state index contributed by atoms with van der Waals surface area (Å²) in [7, 11) is 0. The molecule has 1 aromatic heterocycles. The molecule has 3 N–H and O–H groups in total. The fraction of sp³-hybridized carbons (Fsp3) is 0.471. The van der Waals surface area contributed by atoms with Gasteiger partial charge >= 0.3 is 6.09 Å². The zero-order valence-electron chi connectivity index (χ0n) is 13.7. The topological polar surface area (TPSA) is 66.2 Å². The van der Waals surface area contributed by atoms with Gasteiger partial charge in [-0.25, -0.2) is 4.79 Å². The molecule has 1 unspecified atom stereocenters. The monoisotopic (exact) mass is 303 g/mol. The van der Waals surface area contributed by atoms with E-state index >= 15 is 0 Å². The third-order valence-electron chi connectivity index (χ3n) is 3.16. The third-order valence-corrected chi connectivity index (χ3v) is 3.16. The quantitative estimate of drug-likeness (QED) is 0.795. The number of aromatic amines is 1. The second kappa shape index (κ2) is 6.83. The van der Waals surface area contributed by atoms with Crippen LogP contribution in [0.5, 0.6) is 0 Å². The van der Waals surface area contributed by atoms with E-state index in [0.29, 0.717) is 6.54 Å². The SMILES string of the molecule is CC(CNCc1ccc2[nH]ccc2c1)NC(=O)OC(C)(C)C. The summed E-state index contributed by atoms with van der Waals surface area (Å²) < 4.78 is 5.23. The fourth-order valence-electron chi connectivity index (χ4n) is 2.21. The first-order chi connectivity index (χ1) is 10.3. The van der Waals surface area contributed by atoms with Gasteiger partial charge in [0.2, 0.25) is 0 Å². The maximum atomic E-state index is 11.7. The molecule has 2 aromatic rings. The molecule has 2 rings (SSSR count). The Bertz CT molecular complexity index is 628. The van der Waals surface area contributed by atoms with Gasteiger partial charge in [-0.2, -0.15) is 0 Å². The minimum Gasteiger partial charge on any atom is -0.444 e. The van der Waals surface area contributed by atoms with Crippen LogP contribution < -0.4 is 10.6 Å². The largest absolute Gasteiger partial charge is 0.444 e. The molecule has 0 fully saturated rings. The first-order valence-corrected chi connectivity index (χ1v) is 7.60. The predicted octanol–water partition coefficient (Wildman–Crippen LogP) is 3.17. The van der Waals surface area contributed by atoms with E-state index in [-0.39, 0.29) is 12.1 Å². The van der Waals surface area contributed by atoms with Gasteiger partial charge in [0, 0.05) is 30.8 Å². The van der Waals surface area contributed by atoms with Crippen LogP contribution in [0, 0.1) is 0 Å². The molecular formula is C17H25N3O2. The number of nitrogens with one attached hydrogen (secondary N) is 3. The summed E-state index contributed by atoms with van der Waals surface area (Å²) in [6.45, 7) is 8.96. The van der Waals surface area contributed by atoms with Crippen LogP contribution in [-0.2, 0) is 11.3 Å². The number of benzene rings is 1. The average molecular weight is 303 g/mol. The number of amides is 1. The van der Waals surface area contributed by atoms with Crippen molar-refractivity contribution in [1.29, 1.82) is 0 Å². The van der Waals surface area contributed by atoms with Crippen molar-refractivity contribution >= 4 is 17.0 Å². The molecule has 0 bridgehead atoms. The summed E-state index contributed by atoms with van der Waals surface area (Å²) in [5, 5.41) is 7.37. The van der Waals surface area contributed by atoms with Gasteiger partial charge in [0.1, 0.15) is 5.60 Å².